The number of esters is 1. The van der Waals surface area contributed by atoms with Gasteiger partial charge in [-0.05, 0) is 50.2 Å². The highest BCUT2D eigenvalue weighted by molar-refractivity contribution is 8.03. The number of allylic oxidation sites excluding steroid dienone is 2. The van der Waals surface area contributed by atoms with Gasteiger partial charge in [-0.1, -0.05) is 24.4 Å². The second kappa shape index (κ2) is 11.2. The van der Waals surface area contributed by atoms with Gasteiger partial charge in [0.05, 0.1) is 40.2 Å². The number of ketones is 1. The van der Waals surface area contributed by atoms with Crippen molar-refractivity contribution in [3.05, 3.63) is 88.5 Å². The van der Waals surface area contributed by atoms with Crippen molar-refractivity contribution >= 4 is 35.1 Å². The Hall–Kier alpha value is -4.03. The van der Waals surface area contributed by atoms with Crippen molar-refractivity contribution in [3.8, 4) is 6.07 Å². The van der Waals surface area contributed by atoms with Crippen LogP contribution in [-0.2, 0) is 14.3 Å². The SMILES string of the molecule is C=CCOC(=O)C1=C(C)NC(SCC(=O)Nc2ccc(C(C)=O)cc2)=C(C#N)C1c1ccco1. The second-order valence-corrected chi connectivity index (χ2v) is 8.31. The van der Waals surface area contributed by atoms with E-state index >= 15 is 0 Å². The molecule has 0 bridgehead atoms. The van der Waals surface area contributed by atoms with E-state index in [0.29, 0.717) is 27.7 Å². The van der Waals surface area contributed by atoms with Crippen molar-refractivity contribution in [1.29, 1.82) is 5.26 Å². The Bertz CT molecular complexity index is 1200. The zero-order valence-corrected chi connectivity index (χ0v) is 19.5. The summed E-state index contributed by atoms with van der Waals surface area (Å²) in [5, 5.41) is 16.2. The molecule has 3 rings (SSSR count). The van der Waals surface area contributed by atoms with Crippen molar-refractivity contribution in [2.45, 2.75) is 19.8 Å². The number of nitrogens with one attached hydrogen (secondary N) is 2. The van der Waals surface area contributed by atoms with Gasteiger partial charge in [-0.3, -0.25) is 9.59 Å². The van der Waals surface area contributed by atoms with E-state index < -0.39 is 11.9 Å². The molecule has 1 aliphatic rings. The van der Waals surface area contributed by atoms with Crippen molar-refractivity contribution in [2.24, 2.45) is 0 Å². The summed E-state index contributed by atoms with van der Waals surface area (Å²) in [5.41, 5.74) is 2.11. The Morgan fingerprint density at radius 2 is 2.03 bits per heavy atom. The fourth-order valence-electron chi connectivity index (χ4n) is 3.37. The Labute approximate surface area is 201 Å². The van der Waals surface area contributed by atoms with Gasteiger partial charge in [-0.25, -0.2) is 4.79 Å². The second-order valence-electron chi connectivity index (χ2n) is 7.32. The normalized spacial score (nSPS) is 15.3. The van der Waals surface area contributed by atoms with Gasteiger partial charge < -0.3 is 19.8 Å². The topological polar surface area (TPSA) is 121 Å². The molecule has 0 saturated carbocycles. The number of furan rings is 1. The molecule has 9 heteroatoms. The smallest absolute Gasteiger partial charge is 0.337 e. The third-order valence-corrected chi connectivity index (χ3v) is 5.97. The largest absolute Gasteiger partial charge is 0.468 e. The molecule has 1 amide bonds. The standard InChI is InChI=1S/C25H23N3O5S/c1-4-11-33-25(31)22-15(2)27-24(19(13-26)23(22)20-6-5-12-32-20)34-14-21(30)28-18-9-7-17(8-10-18)16(3)29/h4-10,12,23,27H,1,11,14H2,2-3H3,(H,28,30). The zero-order chi connectivity index (χ0) is 24.7. The van der Waals surface area contributed by atoms with Gasteiger partial charge in [-0.15, -0.1) is 0 Å². The fraction of sp³-hybridized carbons (Fsp3) is 0.200. The molecule has 1 aliphatic heterocycles. The lowest BCUT2D eigenvalue weighted by Gasteiger charge is -2.27. The first-order valence-corrected chi connectivity index (χ1v) is 11.3. The van der Waals surface area contributed by atoms with Crippen LogP contribution in [0.5, 0.6) is 0 Å². The molecule has 1 atom stereocenters. The highest BCUT2D eigenvalue weighted by atomic mass is 32.2. The molecule has 0 aliphatic carbocycles. The fourth-order valence-corrected chi connectivity index (χ4v) is 4.26. The van der Waals surface area contributed by atoms with Gasteiger partial charge in [0.1, 0.15) is 12.4 Å². The van der Waals surface area contributed by atoms with Gasteiger partial charge in [0.2, 0.25) is 5.91 Å². The molecule has 34 heavy (non-hydrogen) atoms. The number of carbonyl (C=O) groups excluding carboxylic acids is 3. The van der Waals surface area contributed by atoms with Crippen LogP contribution in [0, 0.1) is 11.3 Å². The van der Waals surface area contributed by atoms with E-state index in [1.165, 1.54) is 19.3 Å². The molecular formula is C25H23N3O5S. The minimum atomic E-state index is -0.775. The maximum Gasteiger partial charge on any atom is 0.337 e. The number of carbonyl (C=O) groups is 3. The zero-order valence-electron chi connectivity index (χ0n) is 18.7. The predicted molar refractivity (Wildman–Crippen MR) is 129 cm³/mol. The van der Waals surface area contributed by atoms with Crippen molar-refractivity contribution < 1.29 is 23.5 Å². The minimum Gasteiger partial charge on any atom is -0.468 e. The highest BCUT2D eigenvalue weighted by Crippen LogP contribution is 2.41. The summed E-state index contributed by atoms with van der Waals surface area (Å²) >= 11 is 1.14. The van der Waals surface area contributed by atoms with E-state index in [2.05, 4.69) is 23.3 Å². The van der Waals surface area contributed by atoms with E-state index in [0.717, 1.165) is 11.8 Å². The Kier molecular flexibility index (Phi) is 8.11. The molecule has 174 valence electrons. The van der Waals surface area contributed by atoms with Crippen LogP contribution < -0.4 is 10.6 Å². The lowest BCUT2D eigenvalue weighted by Crippen LogP contribution is -2.29. The van der Waals surface area contributed by atoms with Crippen LogP contribution in [0.15, 0.2) is 81.6 Å². The molecule has 2 N–H and O–H groups in total. The average molecular weight is 478 g/mol. The van der Waals surface area contributed by atoms with E-state index in [1.54, 1.807) is 43.3 Å². The predicted octanol–water partition coefficient (Wildman–Crippen LogP) is 4.28. The van der Waals surface area contributed by atoms with Crippen LogP contribution in [0.4, 0.5) is 5.69 Å². The number of hydrogen-bond donors (Lipinski definition) is 2. The molecular weight excluding hydrogens is 454 g/mol. The third-order valence-electron chi connectivity index (χ3n) is 4.95. The number of hydrogen-bond acceptors (Lipinski definition) is 8. The van der Waals surface area contributed by atoms with Gasteiger partial charge in [-0.2, -0.15) is 5.26 Å². The maximum absolute atomic E-state index is 12.7. The van der Waals surface area contributed by atoms with Crippen molar-refractivity contribution in [1.82, 2.24) is 5.32 Å². The van der Waals surface area contributed by atoms with Crippen LogP contribution >= 0.6 is 11.8 Å². The van der Waals surface area contributed by atoms with Crippen LogP contribution in [0.1, 0.15) is 35.9 Å². The number of benzene rings is 1. The summed E-state index contributed by atoms with van der Waals surface area (Å²) in [5.74, 6) is -1.29. The molecule has 0 fully saturated rings. The summed E-state index contributed by atoms with van der Waals surface area (Å²) in [6.45, 7) is 6.75. The van der Waals surface area contributed by atoms with Crippen LogP contribution in [0.3, 0.4) is 0 Å². The number of amides is 1. The van der Waals surface area contributed by atoms with E-state index in [9.17, 15) is 19.6 Å². The first-order chi connectivity index (χ1) is 16.3. The Morgan fingerprint density at radius 3 is 2.62 bits per heavy atom. The number of dihydropyridines is 1. The number of thioether (sulfide) groups is 1. The van der Waals surface area contributed by atoms with E-state index in [4.69, 9.17) is 9.15 Å². The molecule has 0 saturated heterocycles. The van der Waals surface area contributed by atoms with Gasteiger partial charge in [0, 0.05) is 16.9 Å². The Balaban J connectivity index is 1.79. The summed E-state index contributed by atoms with van der Waals surface area (Å²) in [6, 6.07) is 12.1. The number of anilines is 1. The van der Waals surface area contributed by atoms with Crippen molar-refractivity contribution in [2.75, 3.05) is 17.7 Å². The molecule has 2 heterocycles. The average Bonchev–Trinajstić information content (AvgIpc) is 3.35. The summed E-state index contributed by atoms with van der Waals surface area (Å²) < 4.78 is 10.8. The van der Waals surface area contributed by atoms with E-state index in [1.807, 2.05) is 0 Å². The Morgan fingerprint density at radius 1 is 1.29 bits per heavy atom. The van der Waals surface area contributed by atoms with Gasteiger partial charge in [0.25, 0.3) is 0 Å². The van der Waals surface area contributed by atoms with Gasteiger partial charge >= 0.3 is 5.97 Å². The maximum atomic E-state index is 12.7. The number of Topliss-reactive ketones (excluding diaryl/α,β-unsaturated/α-hetero) is 1. The quantitative estimate of drug-likeness (QED) is 0.312. The number of rotatable bonds is 9. The number of nitriles is 1. The van der Waals surface area contributed by atoms with Crippen molar-refractivity contribution in [3.63, 3.8) is 0 Å². The third kappa shape index (κ3) is 5.66. The summed E-state index contributed by atoms with van der Waals surface area (Å²) in [6.07, 6.45) is 2.92. The summed E-state index contributed by atoms with van der Waals surface area (Å²) in [7, 11) is 0. The first kappa shape index (κ1) is 24.6. The first-order valence-electron chi connectivity index (χ1n) is 10.3. The lowest BCUT2D eigenvalue weighted by atomic mass is 9.86. The summed E-state index contributed by atoms with van der Waals surface area (Å²) in [4.78, 5) is 36.6. The lowest BCUT2D eigenvalue weighted by molar-refractivity contribution is -0.138. The number of ether oxygens (including phenoxy) is 1. The van der Waals surface area contributed by atoms with Crippen LogP contribution in [0.25, 0.3) is 0 Å². The van der Waals surface area contributed by atoms with Crippen LogP contribution in [0.2, 0.25) is 0 Å². The monoisotopic (exact) mass is 477 g/mol. The molecule has 1 unspecified atom stereocenters. The minimum absolute atomic E-state index is 0.0103. The molecule has 0 radical (unpaired) electrons. The highest BCUT2D eigenvalue weighted by Gasteiger charge is 2.37. The molecule has 8 nitrogen and oxygen atoms in total. The molecule has 1 aromatic carbocycles. The van der Waals surface area contributed by atoms with Crippen LogP contribution in [-0.4, -0.2) is 30.0 Å². The molecule has 1 aromatic heterocycles. The molecule has 0 spiro atoms. The van der Waals surface area contributed by atoms with Gasteiger partial charge in [0.15, 0.2) is 5.78 Å². The molecule has 2 aromatic rings. The van der Waals surface area contributed by atoms with E-state index in [-0.39, 0.29) is 35.2 Å². The number of nitrogens with zero attached hydrogens (tertiary/aromatic N) is 1.